The number of pyridine rings is 2. The standard InChI is InChI=1S/C27H16BrN3.C17H9Br2N3.C10H9BO2/c28-27-30-25(21-12-6-10-17-7-4-5-11-20(17)21)22-15-13-19-14-16-23(18-8-2-1-3-9-18)29-24(19)26(22)31-27;18-16-12-8-6-11-7-9-13(10-4-2-1-3-5-10)20-14(11)15(12)21-17(19)22-16;12-11(13)10-7-3-5-8-4-1-2-6-9(8)10/h1-16H;1-9H;1-7,12-13H. The van der Waals surface area contributed by atoms with Crippen molar-refractivity contribution in [2.24, 2.45) is 0 Å². The van der Waals surface area contributed by atoms with Gasteiger partial charge in [0.15, 0.2) is 9.47 Å². The Balaban J connectivity index is 0.000000127. The molecule has 0 aliphatic rings. The zero-order valence-electron chi connectivity index (χ0n) is 34.8. The molecule has 8 nitrogen and oxygen atoms in total. The summed E-state index contributed by atoms with van der Waals surface area (Å²) in [6.45, 7) is 0. The largest absolute Gasteiger partial charge is 0.489 e. The van der Waals surface area contributed by atoms with Gasteiger partial charge in [0.2, 0.25) is 0 Å². The summed E-state index contributed by atoms with van der Waals surface area (Å²) < 4.78 is 1.87. The van der Waals surface area contributed by atoms with Crippen LogP contribution in [0.4, 0.5) is 0 Å². The minimum Gasteiger partial charge on any atom is -0.423 e. The number of nitrogens with zero attached hydrogens (tertiary/aromatic N) is 6. The minimum absolute atomic E-state index is 0.547. The Bertz CT molecular complexity index is 3740. The molecular weight excluding hydrogens is 1020 g/mol. The second-order valence-corrected chi connectivity index (χ2v) is 17.5. The van der Waals surface area contributed by atoms with Crippen molar-refractivity contribution in [3.8, 4) is 33.8 Å². The van der Waals surface area contributed by atoms with Crippen molar-refractivity contribution >= 4 is 126 Å². The van der Waals surface area contributed by atoms with Crippen LogP contribution in [-0.2, 0) is 0 Å². The third kappa shape index (κ3) is 8.81. The zero-order chi connectivity index (χ0) is 45.1. The van der Waals surface area contributed by atoms with Gasteiger partial charge in [-0.25, -0.2) is 29.9 Å². The molecule has 0 fully saturated rings. The summed E-state index contributed by atoms with van der Waals surface area (Å²) in [5.74, 6) is 0. The molecule has 0 bridgehead atoms. The van der Waals surface area contributed by atoms with Crippen molar-refractivity contribution < 1.29 is 10.0 Å². The Kier molecular flexibility index (Phi) is 12.4. The van der Waals surface area contributed by atoms with Gasteiger partial charge in [-0.2, -0.15) is 0 Å². The van der Waals surface area contributed by atoms with E-state index in [9.17, 15) is 0 Å². The van der Waals surface area contributed by atoms with Crippen LogP contribution >= 0.6 is 47.8 Å². The molecule has 8 aromatic carbocycles. The summed E-state index contributed by atoms with van der Waals surface area (Å²) in [6.07, 6.45) is 0. The van der Waals surface area contributed by atoms with Crippen LogP contribution in [-0.4, -0.2) is 47.1 Å². The maximum Gasteiger partial charge on any atom is 0.489 e. The van der Waals surface area contributed by atoms with Crippen LogP contribution in [0.5, 0.6) is 0 Å². The fraction of sp³-hybridized carbons (Fsp3) is 0. The summed E-state index contributed by atoms with van der Waals surface area (Å²) in [5, 5.41) is 26.5. The number of hydrogen-bond acceptors (Lipinski definition) is 8. The molecule has 0 aliphatic carbocycles. The monoisotopic (exact) mass is 1050 g/mol. The summed E-state index contributed by atoms with van der Waals surface area (Å²) in [4.78, 5) is 28.2. The Morgan fingerprint density at radius 1 is 0.333 bits per heavy atom. The van der Waals surface area contributed by atoms with Gasteiger partial charge in [-0.15, -0.1) is 0 Å². The van der Waals surface area contributed by atoms with Crippen molar-refractivity contribution in [3.05, 3.63) is 208 Å². The van der Waals surface area contributed by atoms with Crippen LogP contribution in [0.3, 0.4) is 0 Å². The number of aromatic nitrogens is 6. The second kappa shape index (κ2) is 19.0. The lowest BCUT2D eigenvalue weighted by molar-refractivity contribution is 0.426. The summed E-state index contributed by atoms with van der Waals surface area (Å²) in [5.41, 5.74) is 10.0. The molecule has 12 heteroatoms. The van der Waals surface area contributed by atoms with Crippen molar-refractivity contribution in [2.75, 3.05) is 0 Å². The molecule has 66 heavy (non-hydrogen) atoms. The van der Waals surface area contributed by atoms with E-state index < -0.39 is 7.12 Å². The molecule has 4 aromatic heterocycles. The van der Waals surface area contributed by atoms with E-state index in [1.54, 1.807) is 6.07 Å². The molecule has 0 unspecified atom stereocenters. The van der Waals surface area contributed by atoms with E-state index in [1.807, 2.05) is 91.0 Å². The maximum absolute atomic E-state index is 9.08. The highest BCUT2D eigenvalue weighted by Gasteiger charge is 2.16. The first-order chi connectivity index (χ1) is 32.3. The molecule has 0 amide bonds. The van der Waals surface area contributed by atoms with Gasteiger partial charge in [-0.05, 0) is 99.1 Å². The van der Waals surface area contributed by atoms with Gasteiger partial charge in [0.05, 0.1) is 28.1 Å². The van der Waals surface area contributed by atoms with Crippen LogP contribution in [0.15, 0.2) is 208 Å². The summed E-state index contributed by atoms with van der Waals surface area (Å²) >= 11 is 10.4. The van der Waals surface area contributed by atoms with E-state index in [-0.39, 0.29) is 0 Å². The molecule has 2 N–H and O–H groups in total. The lowest BCUT2D eigenvalue weighted by Crippen LogP contribution is -2.30. The molecule has 316 valence electrons. The van der Waals surface area contributed by atoms with Crippen molar-refractivity contribution in [3.63, 3.8) is 0 Å². The minimum atomic E-state index is -1.40. The van der Waals surface area contributed by atoms with Crippen LogP contribution < -0.4 is 5.46 Å². The molecule has 0 spiro atoms. The Labute approximate surface area is 404 Å². The molecule has 0 saturated carbocycles. The van der Waals surface area contributed by atoms with Gasteiger partial charge in [0.25, 0.3) is 0 Å². The number of rotatable bonds is 4. The highest BCUT2D eigenvalue weighted by Crippen LogP contribution is 2.36. The fourth-order valence-electron chi connectivity index (χ4n) is 8.11. The average molecular weight is 1050 g/mol. The Morgan fingerprint density at radius 2 is 0.803 bits per heavy atom. The predicted octanol–water partition coefficient (Wildman–Crippen LogP) is 13.3. The Morgan fingerprint density at radius 3 is 1.41 bits per heavy atom. The first kappa shape index (κ1) is 43.1. The molecule has 12 aromatic rings. The normalized spacial score (nSPS) is 11.1. The molecule has 0 radical (unpaired) electrons. The van der Waals surface area contributed by atoms with Crippen molar-refractivity contribution in [1.29, 1.82) is 0 Å². The van der Waals surface area contributed by atoms with Crippen molar-refractivity contribution in [1.82, 2.24) is 29.9 Å². The molecule has 0 saturated heterocycles. The van der Waals surface area contributed by atoms with Crippen LogP contribution in [0, 0.1) is 0 Å². The molecule has 0 aliphatic heterocycles. The lowest BCUT2D eigenvalue weighted by Gasteiger charge is -2.11. The van der Waals surface area contributed by atoms with E-state index >= 15 is 0 Å². The second-order valence-electron chi connectivity index (χ2n) is 15.3. The predicted molar refractivity (Wildman–Crippen MR) is 280 cm³/mol. The van der Waals surface area contributed by atoms with E-state index in [1.165, 1.54) is 10.8 Å². The van der Waals surface area contributed by atoms with Crippen molar-refractivity contribution in [2.45, 2.75) is 0 Å². The van der Waals surface area contributed by atoms with Gasteiger partial charge in [-0.1, -0.05) is 170 Å². The fourth-order valence-corrected chi connectivity index (χ4v) is 9.55. The highest BCUT2D eigenvalue weighted by atomic mass is 79.9. The highest BCUT2D eigenvalue weighted by molar-refractivity contribution is 9.11. The molecular formula is C54H34BBr3N6O2. The quantitative estimate of drug-likeness (QED) is 0.0775. The average Bonchev–Trinajstić information content (AvgIpc) is 3.36. The Hall–Kier alpha value is -6.80. The maximum atomic E-state index is 9.08. The van der Waals surface area contributed by atoms with Gasteiger partial charge < -0.3 is 10.0 Å². The van der Waals surface area contributed by atoms with E-state index in [0.717, 1.165) is 92.8 Å². The lowest BCUT2D eigenvalue weighted by atomic mass is 9.77. The summed E-state index contributed by atoms with van der Waals surface area (Å²) in [7, 11) is -1.40. The third-order valence-electron chi connectivity index (χ3n) is 11.2. The van der Waals surface area contributed by atoms with Crippen LogP contribution in [0.25, 0.3) is 98.9 Å². The smallest absolute Gasteiger partial charge is 0.423 e. The zero-order valence-corrected chi connectivity index (χ0v) is 39.5. The van der Waals surface area contributed by atoms with E-state index in [2.05, 4.69) is 155 Å². The van der Waals surface area contributed by atoms with Gasteiger partial charge in [-0.3, -0.25) is 0 Å². The topological polar surface area (TPSA) is 118 Å². The third-order valence-corrected chi connectivity index (χ3v) is 12.6. The number of hydrogen-bond donors (Lipinski definition) is 2. The first-order valence-corrected chi connectivity index (χ1v) is 23.3. The SMILES string of the molecule is Brc1nc(-c2cccc3ccccc23)c2ccc3ccc(-c4ccccc4)nc3c2n1.Brc1nc(Br)c2ccc3ccc(-c4ccccc4)nc3c2n1.OB(O)c1cccc2ccccc12. The number of fused-ring (bicyclic) bond motifs is 8. The van der Waals surface area contributed by atoms with Gasteiger partial charge in [0, 0.05) is 38.2 Å². The number of halogens is 3. The van der Waals surface area contributed by atoms with E-state index in [4.69, 9.17) is 30.0 Å². The van der Waals surface area contributed by atoms with Gasteiger partial charge in [0.1, 0.15) is 15.6 Å². The molecule has 0 atom stereocenters. The van der Waals surface area contributed by atoms with Crippen LogP contribution in [0.1, 0.15) is 0 Å². The van der Waals surface area contributed by atoms with E-state index in [0.29, 0.717) is 14.9 Å². The molecule has 4 heterocycles. The molecule has 12 rings (SSSR count). The summed E-state index contributed by atoms with van der Waals surface area (Å²) in [6, 6.07) is 64.7. The van der Waals surface area contributed by atoms with Gasteiger partial charge >= 0.3 is 7.12 Å². The number of benzene rings is 8. The van der Waals surface area contributed by atoms with Crippen LogP contribution in [0.2, 0.25) is 0 Å². The first-order valence-electron chi connectivity index (χ1n) is 20.9.